The van der Waals surface area contributed by atoms with Crippen LogP contribution in [-0.2, 0) is 13.1 Å². The Bertz CT molecular complexity index is 845. The smallest absolute Gasteiger partial charge is 0.318 e. The molecule has 0 aliphatic carbocycles. The topological polar surface area (TPSA) is 105 Å². The first kappa shape index (κ1) is 16.2. The minimum Gasteiger partial charge on any atom is -0.331 e. The Labute approximate surface area is 150 Å². The monoisotopic (exact) mass is 352 g/mol. The largest absolute Gasteiger partial charge is 0.331 e. The van der Waals surface area contributed by atoms with Gasteiger partial charge in [-0.1, -0.05) is 0 Å². The molecule has 1 atom stereocenters. The molecule has 26 heavy (non-hydrogen) atoms. The van der Waals surface area contributed by atoms with Gasteiger partial charge in [0, 0.05) is 36.9 Å². The molecule has 1 aliphatic heterocycles. The van der Waals surface area contributed by atoms with Crippen LogP contribution in [-0.4, -0.2) is 53.5 Å². The molecule has 2 amide bonds. The van der Waals surface area contributed by atoms with Crippen molar-refractivity contribution in [1.82, 2.24) is 40.2 Å². The molecular weight excluding hydrogens is 332 g/mol. The Morgan fingerprint density at radius 1 is 1.31 bits per heavy atom. The number of H-pyrrole nitrogens is 1. The van der Waals surface area contributed by atoms with Crippen molar-refractivity contribution >= 4 is 6.03 Å². The molecule has 9 heteroatoms. The fourth-order valence-corrected chi connectivity index (χ4v) is 3.18. The average molecular weight is 352 g/mol. The van der Waals surface area contributed by atoms with E-state index in [0.717, 1.165) is 31.5 Å². The maximum absolute atomic E-state index is 12.5. The molecule has 0 bridgehead atoms. The summed E-state index contributed by atoms with van der Waals surface area (Å²) in [6.45, 7) is 1.78. The minimum atomic E-state index is -0.0819. The molecule has 0 spiro atoms. The van der Waals surface area contributed by atoms with Crippen LogP contribution in [0.4, 0.5) is 4.79 Å². The molecule has 4 heterocycles. The quantitative estimate of drug-likeness (QED) is 0.723. The van der Waals surface area contributed by atoms with Gasteiger partial charge in [0.15, 0.2) is 5.82 Å². The number of urea groups is 1. The van der Waals surface area contributed by atoms with Gasteiger partial charge in [0.2, 0.25) is 0 Å². The van der Waals surface area contributed by atoms with E-state index in [4.69, 9.17) is 0 Å². The predicted octanol–water partition coefficient (Wildman–Crippen LogP) is 1.44. The van der Waals surface area contributed by atoms with E-state index in [2.05, 4.69) is 30.6 Å². The number of nitrogens with zero attached hydrogens (tertiary/aromatic N) is 6. The maximum Gasteiger partial charge on any atom is 0.318 e. The first-order valence-electron chi connectivity index (χ1n) is 8.63. The minimum absolute atomic E-state index is 0.0819. The van der Waals surface area contributed by atoms with Gasteiger partial charge in [-0.15, -0.1) is 0 Å². The van der Waals surface area contributed by atoms with Crippen molar-refractivity contribution in [1.29, 1.82) is 0 Å². The molecule has 1 saturated heterocycles. The zero-order valence-electron chi connectivity index (χ0n) is 14.2. The summed E-state index contributed by atoms with van der Waals surface area (Å²) in [6, 6.07) is 5.66. The van der Waals surface area contributed by atoms with Crippen LogP contribution >= 0.6 is 0 Å². The number of aromatic nitrogens is 6. The number of nitrogens with one attached hydrogen (secondary N) is 2. The number of amides is 2. The van der Waals surface area contributed by atoms with Gasteiger partial charge in [0.05, 0.1) is 19.1 Å². The lowest BCUT2D eigenvalue weighted by Gasteiger charge is -2.24. The second-order valence-electron chi connectivity index (χ2n) is 6.22. The van der Waals surface area contributed by atoms with Crippen LogP contribution in [0.2, 0.25) is 0 Å². The Hall–Kier alpha value is -3.23. The highest BCUT2D eigenvalue weighted by atomic mass is 16.2. The van der Waals surface area contributed by atoms with Crippen molar-refractivity contribution in [3.8, 4) is 11.4 Å². The molecule has 134 valence electrons. The Morgan fingerprint density at radius 2 is 2.19 bits per heavy atom. The number of hydrogen-bond donors (Lipinski definition) is 2. The SMILES string of the molecule is O=C(NCc1nc(-c2ccncc2)n[nH]1)N1CCC[C@@H]1Cn1cccn1. The molecule has 1 fully saturated rings. The number of hydrogen-bond acceptors (Lipinski definition) is 5. The summed E-state index contributed by atoms with van der Waals surface area (Å²) < 4.78 is 1.87. The average Bonchev–Trinajstić information content (AvgIpc) is 3.43. The van der Waals surface area contributed by atoms with E-state index >= 15 is 0 Å². The fourth-order valence-electron chi connectivity index (χ4n) is 3.18. The maximum atomic E-state index is 12.5. The highest BCUT2D eigenvalue weighted by Crippen LogP contribution is 2.19. The lowest BCUT2D eigenvalue weighted by Crippen LogP contribution is -2.44. The van der Waals surface area contributed by atoms with Crippen LogP contribution in [0, 0.1) is 0 Å². The number of likely N-dealkylation sites (tertiary alicyclic amines) is 1. The lowest BCUT2D eigenvalue weighted by atomic mass is 10.2. The molecule has 4 rings (SSSR count). The molecule has 0 saturated carbocycles. The molecule has 1 aliphatic rings. The third kappa shape index (κ3) is 3.56. The van der Waals surface area contributed by atoms with Crippen LogP contribution in [0.3, 0.4) is 0 Å². The summed E-state index contributed by atoms with van der Waals surface area (Å²) >= 11 is 0. The van der Waals surface area contributed by atoms with E-state index in [1.807, 2.05) is 34.0 Å². The summed E-state index contributed by atoms with van der Waals surface area (Å²) in [5.74, 6) is 1.21. The number of carbonyl (C=O) groups excluding carboxylic acids is 1. The highest BCUT2D eigenvalue weighted by molar-refractivity contribution is 5.74. The summed E-state index contributed by atoms with van der Waals surface area (Å²) in [6.07, 6.45) is 9.06. The van der Waals surface area contributed by atoms with Gasteiger partial charge in [-0.2, -0.15) is 10.2 Å². The van der Waals surface area contributed by atoms with E-state index in [-0.39, 0.29) is 12.1 Å². The second kappa shape index (κ2) is 7.34. The summed E-state index contributed by atoms with van der Waals surface area (Å²) in [5, 5.41) is 14.2. The van der Waals surface area contributed by atoms with Crippen molar-refractivity contribution in [2.24, 2.45) is 0 Å². The predicted molar refractivity (Wildman–Crippen MR) is 93.8 cm³/mol. The van der Waals surface area contributed by atoms with E-state index in [0.29, 0.717) is 18.2 Å². The molecular formula is C17H20N8O. The first-order chi connectivity index (χ1) is 12.8. The van der Waals surface area contributed by atoms with Crippen molar-refractivity contribution in [2.75, 3.05) is 6.54 Å². The van der Waals surface area contributed by atoms with Crippen LogP contribution in [0.5, 0.6) is 0 Å². The normalized spacial score (nSPS) is 16.8. The summed E-state index contributed by atoms with van der Waals surface area (Å²) in [5.41, 5.74) is 0.882. The Morgan fingerprint density at radius 3 is 3.00 bits per heavy atom. The summed E-state index contributed by atoms with van der Waals surface area (Å²) in [7, 11) is 0. The van der Waals surface area contributed by atoms with Gasteiger partial charge in [-0.3, -0.25) is 14.8 Å². The van der Waals surface area contributed by atoms with Crippen molar-refractivity contribution < 1.29 is 4.79 Å². The summed E-state index contributed by atoms with van der Waals surface area (Å²) in [4.78, 5) is 22.8. The third-order valence-corrected chi connectivity index (χ3v) is 4.47. The molecule has 0 radical (unpaired) electrons. The van der Waals surface area contributed by atoms with Crippen molar-refractivity contribution in [3.63, 3.8) is 0 Å². The number of carbonyl (C=O) groups is 1. The molecule has 3 aromatic rings. The lowest BCUT2D eigenvalue weighted by molar-refractivity contribution is 0.185. The first-order valence-corrected chi connectivity index (χ1v) is 8.63. The standard InChI is InChI=1S/C17H20N8O/c26-17(25-10-1-3-14(25)12-24-9-2-6-20-24)19-11-15-21-16(23-22-15)13-4-7-18-8-5-13/h2,4-9,14H,1,3,10-12H2,(H,19,26)(H,21,22,23)/t14-/m1/s1. The van der Waals surface area contributed by atoms with Gasteiger partial charge in [-0.25, -0.2) is 9.78 Å². The van der Waals surface area contributed by atoms with Gasteiger partial charge >= 0.3 is 6.03 Å². The number of pyridine rings is 1. The van der Waals surface area contributed by atoms with Gasteiger partial charge < -0.3 is 10.2 Å². The molecule has 9 nitrogen and oxygen atoms in total. The Balaban J connectivity index is 1.34. The van der Waals surface area contributed by atoms with Gasteiger partial charge in [-0.05, 0) is 31.0 Å². The zero-order chi connectivity index (χ0) is 17.8. The van der Waals surface area contributed by atoms with Crippen molar-refractivity contribution in [2.45, 2.75) is 32.0 Å². The van der Waals surface area contributed by atoms with Crippen LogP contribution in [0.1, 0.15) is 18.7 Å². The fraction of sp³-hybridized carbons (Fsp3) is 0.353. The zero-order valence-corrected chi connectivity index (χ0v) is 14.2. The van der Waals surface area contributed by atoms with Gasteiger partial charge in [0.25, 0.3) is 0 Å². The van der Waals surface area contributed by atoms with E-state index in [1.54, 1.807) is 18.6 Å². The van der Waals surface area contributed by atoms with Crippen LogP contribution in [0.25, 0.3) is 11.4 Å². The molecule has 2 N–H and O–H groups in total. The third-order valence-electron chi connectivity index (χ3n) is 4.47. The molecule has 3 aromatic heterocycles. The highest BCUT2D eigenvalue weighted by Gasteiger charge is 2.29. The van der Waals surface area contributed by atoms with E-state index < -0.39 is 0 Å². The Kier molecular flexibility index (Phi) is 4.59. The van der Waals surface area contributed by atoms with Gasteiger partial charge in [0.1, 0.15) is 5.82 Å². The van der Waals surface area contributed by atoms with Crippen LogP contribution < -0.4 is 5.32 Å². The number of rotatable bonds is 5. The second-order valence-corrected chi connectivity index (χ2v) is 6.22. The van der Waals surface area contributed by atoms with E-state index in [9.17, 15) is 4.79 Å². The molecule has 0 unspecified atom stereocenters. The van der Waals surface area contributed by atoms with Crippen LogP contribution in [0.15, 0.2) is 43.0 Å². The van der Waals surface area contributed by atoms with E-state index in [1.165, 1.54) is 0 Å². The molecule has 0 aromatic carbocycles. The van der Waals surface area contributed by atoms with Crippen molar-refractivity contribution in [3.05, 3.63) is 48.8 Å². The number of aromatic amines is 1.